The second-order valence-corrected chi connectivity index (χ2v) is 8.45. The zero-order valence-corrected chi connectivity index (χ0v) is 19.5. The number of ether oxygens (including phenoxy) is 1. The van der Waals surface area contributed by atoms with E-state index in [1.54, 1.807) is 4.90 Å². The Labute approximate surface area is 200 Å². The van der Waals surface area contributed by atoms with E-state index in [4.69, 9.17) is 9.15 Å². The first-order valence-electron chi connectivity index (χ1n) is 11.5. The van der Waals surface area contributed by atoms with Crippen molar-refractivity contribution in [2.24, 2.45) is 0 Å². The number of oxazole rings is 1. The van der Waals surface area contributed by atoms with E-state index in [1.165, 1.54) is 6.26 Å². The molecule has 0 aromatic carbocycles. The number of alkyl halides is 3. The summed E-state index contributed by atoms with van der Waals surface area (Å²) in [6.07, 6.45) is -1.33. The molecule has 4 rings (SSSR count). The molecule has 2 aliphatic rings. The number of anilines is 4. The summed E-state index contributed by atoms with van der Waals surface area (Å²) in [7, 11) is 2.04. The van der Waals surface area contributed by atoms with Crippen molar-refractivity contribution in [3.63, 3.8) is 0 Å². The summed E-state index contributed by atoms with van der Waals surface area (Å²) in [6.45, 7) is 5.02. The Morgan fingerprint density at radius 3 is 2.71 bits per heavy atom. The highest BCUT2D eigenvalue weighted by Gasteiger charge is 2.35. The molecule has 2 aromatic heterocycles. The molecular weight excluding hydrogens is 469 g/mol. The smallest absolute Gasteiger partial charge is 0.421 e. The molecule has 35 heavy (non-hydrogen) atoms. The fraction of sp³-hybridized carbons (Fsp3) is 0.619. The van der Waals surface area contributed by atoms with Gasteiger partial charge in [0, 0.05) is 58.6 Å². The van der Waals surface area contributed by atoms with Crippen molar-refractivity contribution in [2.75, 3.05) is 81.6 Å². The lowest BCUT2D eigenvalue weighted by Crippen LogP contribution is -2.44. The van der Waals surface area contributed by atoms with E-state index < -0.39 is 11.7 Å². The van der Waals surface area contributed by atoms with Crippen molar-refractivity contribution in [3.8, 4) is 0 Å². The topological polar surface area (TPSA) is 112 Å². The van der Waals surface area contributed by atoms with Gasteiger partial charge in [-0.05, 0) is 19.9 Å². The highest BCUT2D eigenvalue weighted by molar-refractivity contribution is 5.77. The third-order valence-corrected chi connectivity index (χ3v) is 5.79. The first kappa shape index (κ1) is 25.0. The Morgan fingerprint density at radius 1 is 1.14 bits per heavy atom. The van der Waals surface area contributed by atoms with Crippen LogP contribution in [0.4, 0.5) is 36.8 Å². The molecular formula is C21H29F3N8O3. The van der Waals surface area contributed by atoms with Gasteiger partial charge >= 0.3 is 6.18 Å². The number of nitrogens with one attached hydrogen (secondary N) is 2. The Balaban J connectivity index is 1.38. The zero-order chi connectivity index (χ0) is 24.8. The van der Waals surface area contributed by atoms with Crippen molar-refractivity contribution in [1.29, 1.82) is 0 Å². The van der Waals surface area contributed by atoms with Crippen molar-refractivity contribution in [3.05, 3.63) is 18.0 Å². The van der Waals surface area contributed by atoms with Gasteiger partial charge in [0.05, 0.1) is 0 Å². The predicted octanol–water partition coefficient (Wildman–Crippen LogP) is 2.03. The first-order valence-corrected chi connectivity index (χ1v) is 11.5. The molecule has 14 heteroatoms. The van der Waals surface area contributed by atoms with Gasteiger partial charge < -0.3 is 34.5 Å². The fourth-order valence-electron chi connectivity index (χ4n) is 3.81. The minimum absolute atomic E-state index is 0.0329. The number of hydrogen-bond acceptors (Lipinski definition) is 10. The molecule has 2 aromatic rings. The molecule has 0 bridgehead atoms. The van der Waals surface area contributed by atoms with Crippen LogP contribution < -0.4 is 15.5 Å². The zero-order valence-electron chi connectivity index (χ0n) is 19.5. The monoisotopic (exact) mass is 498 g/mol. The molecule has 2 N–H and O–H groups in total. The number of aromatic nitrogens is 3. The van der Waals surface area contributed by atoms with Gasteiger partial charge in [-0.3, -0.25) is 4.79 Å². The highest BCUT2D eigenvalue weighted by atomic mass is 19.4. The van der Waals surface area contributed by atoms with Gasteiger partial charge in [-0.15, -0.1) is 0 Å². The van der Waals surface area contributed by atoms with Crippen LogP contribution in [-0.4, -0.2) is 96.7 Å². The number of likely N-dealkylation sites (N-methyl/N-ethyl adjacent to an activating group) is 1. The normalized spacial score (nSPS) is 18.0. The number of piperazine rings is 1. The minimum atomic E-state index is -4.62. The second kappa shape index (κ2) is 11.1. The SMILES string of the molecule is CN1CCN(c2nc(Nc3ncc(C(F)(F)F)c(NCCCN4CCCOCC4=O)n3)co2)CC1. The van der Waals surface area contributed by atoms with Crippen molar-refractivity contribution in [2.45, 2.75) is 19.0 Å². The standard InChI is InChI=1S/C21H29F3N8O3/c1-30-7-9-32(10-8-30)20-28-16(13-35-20)27-19-26-12-15(21(22,23)24)18(29-19)25-4-2-5-31-6-3-11-34-14-17(31)33/h12-13H,2-11,14H2,1H3,(H2,25,26,27,29). The van der Waals surface area contributed by atoms with Gasteiger partial charge in [-0.25, -0.2) is 4.98 Å². The Morgan fingerprint density at radius 2 is 1.94 bits per heavy atom. The van der Waals surface area contributed by atoms with Crippen molar-refractivity contribution in [1.82, 2.24) is 24.8 Å². The molecule has 0 spiro atoms. The van der Waals surface area contributed by atoms with Gasteiger partial charge in [0.2, 0.25) is 11.9 Å². The third-order valence-electron chi connectivity index (χ3n) is 5.79. The van der Waals surface area contributed by atoms with Crippen LogP contribution in [0.5, 0.6) is 0 Å². The summed E-state index contributed by atoms with van der Waals surface area (Å²) in [5.74, 6) is -0.205. The molecule has 0 unspecified atom stereocenters. The lowest BCUT2D eigenvalue weighted by atomic mass is 10.3. The molecule has 1 amide bonds. The Bertz CT molecular complexity index is 994. The number of carbonyl (C=O) groups is 1. The van der Waals surface area contributed by atoms with Gasteiger partial charge in [-0.2, -0.15) is 23.1 Å². The van der Waals surface area contributed by atoms with Crippen LogP contribution >= 0.6 is 0 Å². The minimum Gasteiger partial charge on any atom is -0.430 e. The maximum atomic E-state index is 13.5. The second-order valence-electron chi connectivity index (χ2n) is 8.45. The van der Waals surface area contributed by atoms with E-state index in [0.29, 0.717) is 37.9 Å². The quantitative estimate of drug-likeness (QED) is 0.525. The summed E-state index contributed by atoms with van der Waals surface area (Å²) in [5, 5.41) is 5.55. The van der Waals surface area contributed by atoms with E-state index in [-0.39, 0.29) is 30.8 Å². The summed E-state index contributed by atoms with van der Waals surface area (Å²) in [4.78, 5) is 30.0. The molecule has 0 atom stereocenters. The predicted molar refractivity (Wildman–Crippen MR) is 122 cm³/mol. The van der Waals surface area contributed by atoms with Crippen LogP contribution in [0.3, 0.4) is 0 Å². The molecule has 4 heterocycles. The summed E-state index contributed by atoms with van der Waals surface area (Å²) in [6, 6.07) is 0.430. The van der Waals surface area contributed by atoms with Gasteiger partial charge in [-0.1, -0.05) is 0 Å². The molecule has 0 radical (unpaired) electrons. The molecule has 11 nitrogen and oxygen atoms in total. The molecule has 192 valence electrons. The number of hydrogen-bond donors (Lipinski definition) is 2. The number of carbonyl (C=O) groups excluding carboxylic acids is 1. The van der Waals surface area contributed by atoms with E-state index in [9.17, 15) is 18.0 Å². The lowest BCUT2D eigenvalue weighted by molar-refractivity contribution is -0.137. The first-order chi connectivity index (χ1) is 16.8. The molecule has 2 aliphatic heterocycles. The number of rotatable bonds is 8. The van der Waals surface area contributed by atoms with E-state index in [0.717, 1.165) is 38.8 Å². The van der Waals surface area contributed by atoms with E-state index in [1.807, 2.05) is 11.9 Å². The van der Waals surface area contributed by atoms with Crippen LogP contribution in [0.25, 0.3) is 0 Å². The average molecular weight is 499 g/mol. The summed E-state index contributed by atoms with van der Waals surface area (Å²) in [5.41, 5.74) is -0.972. The molecule has 2 fully saturated rings. The maximum Gasteiger partial charge on any atom is 0.421 e. The summed E-state index contributed by atoms with van der Waals surface area (Å²) >= 11 is 0. The largest absolute Gasteiger partial charge is 0.430 e. The molecule has 0 saturated carbocycles. The van der Waals surface area contributed by atoms with Crippen LogP contribution in [0, 0.1) is 0 Å². The van der Waals surface area contributed by atoms with E-state index in [2.05, 4.69) is 30.5 Å². The maximum absolute atomic E-state index is 13.5. The number of amides is 1. The highest BCUT2D eigenvalue weighted by Crippen LogP contribution is 2.34. The van der Waals surface area contributed by atoms with Crippen LogP contribution in [0.15, 0.2) is 16.9 Å². The van der Waals surface area contributed by atoms with Crippen molar-refractivity contribution >= 4 is 29.5 Å². The Kier molecular flexibility index (Phi) is 7.90. The average Bonchev–Trinajstić information content (AvgIpc) is 3.18. The van der Waals surface area contributed by atoms with Gasteiger partial charge in [0.1, 0.15) is 24.3 Å². The van der Waals surface area contributed by atoms with Crippen LogP contribution in [-0.2, 0) is 15.7 Å². The lowest BCUT2D eigenvalue weighted by Gasteiger charge is -2.31. The van der Waals surface area contributed by atoms with Crippen molar-refractivity contribution < 1.29 is 27.1 Å². The van der Waals surface area contributed by atoms with Crippen LogP contribution in [0.2, 0.25) is 0 Å². The summed E-state index contributed by atoms with van der Waals surface area (Å²) < 4.78 is 51.2. The van der Waals surface area contributed by atoms with Gasteiger partial charge in [0.25, 0.3) is 6.01 Å². The van der Waals surface area contributed by atoms with E-state index >= 15 is 0 Å². The third kappa shape index (κ3) is 6.72. The number of halogens is 3. The fourth-order valence-corrected chi connectivity index (χ4v) is 3.81. The van der Waals surface area contributed by atoms with Crippen LogP contribution in [0.1, 0.15) is 18.4 Å². The molecule has 0 aliphatic carbocycles. The molecule has 2 saturated heterocycles. The number of nitrogens with zero attached hydrogens (tertiary/aromatic N) is 6. The van der Waals surface area contributed by atoms with Gasteiger partial charge in [0.15, 0.2) is 5.82 Å². The Hall–Kier alpha value is -3.13.